The van der Waals surface area contributed by atoms with Crippen molar-refractivity contribution in [3.63, 3.8) is 0 Å². The molecule has 3 nitrogen and oxygen atoms in total. The van der Waals surface area contributed by atoms with Crippen LogP contribution in [0.5, 0.6) is 0 Å². The molecule has 2 aliphatic rings. The highest BCUT2D eigenvalue weighted by molar-refractivity contribution is 5.72. The van der Waals surface area contributed by atoms with Gasteiger partial charge < -0.3 is 4.74 Å². The van der Waals surface area contributed by atoms with Gasteiger partial charge in [0.2, 0.25) is 0 Å². The second kappa shape index (κ2) is 2.96. The summed E-state index contributed by atoms with van der Waals surface area (Å²) in [7, 11) is 0. The molecule has 1 saturated carbocycles. The van der Waals surface area contributed by atoms with Crippen LogP contribution in [-0.4, -0.2) is 29.7 Å². The molecule has 0 aromatic heterocycles. The fourth-order valence-electron chi connectivity index (χ4n) is 2.17. The Morgan fingerprint density at radius 2 is 2.00 bits per heavy atom. The van der Waals surface area contributed by atoms with Crippen molar-refractivity contribution in [3.8, 4) is 0 Å². The number of rotatable bonds is 1. The average Bonchev–Trinajstić information content (AvgIpc) is 2.78. The molecule has 68 valence electrons. The first-order valence-electron chi connectivity index (χ1n) is 4.79. The number of nitrogens with zero attached hydrogens (tertiary/aromatic N) is 1. The van der Waals surface area contributed by atoms with Crippen LogP contribution in [0.4, 0.5) is 4.79 Å². The quantitative estimate of drug-likeness (QED) is 0.560. The molecule has 0 aromatic carbocycles. The van der Waals surface area contributed by atoms with E-state index in [2.05, 4.69) is 0 Å². The Hall–Kier alpha value is -0.730. The molecule has 1 heterocycles. The third-order valence-corrected chi connectivity index (χ3v) is 2.80. The number of likely N-dealkylation sites (tertiary alicyclic amines) is 1. The van der Waals surface area contributed by atoms with Gasteiger partial charge in [-0.3, -0.25) is 4.90 Å². The number of carbonyl (C=O) groups excluding carboxylic acids is 1. The van der Waals surface area contributed by atoms with Gasteiger partial charge in [-0.25, -0.2) is 4.79 Å². The van der Waals surface area contributed by atoms with Crippen LogP contribution >= 0.6 is 0 Å². The molecule has 0 radical (unpaired) electrons. The van der Waals surface area contributed by atoms with E-state index in [9.17, 15) is 4.79 Å². The molecule has 1 aliphatic heterocycles. The zero-order valence-electron chi connectivity index (χ0n) is 7.45. The van der Waals surface area contributed by atoms with E-state index in [0.717, 1.165) is 0 Å². The minimum atomic E-state index is -0.102. The van der Waals surface area contributed by atoms with Gasteiger partial charge in [0.15, 0.2) is 0 Å². The minimum absolute atomic E-state index is 0.102. The van der Waals surface area contributed by atoms with E-state index in [1.54, 1.807) is 0 Å². The summed E-state index contributed by atoms with van der Waals surface area (Å²) in [6, 6.07) is 1.05. The van der Waals surface area contributed by atoms with Crippen molar-refractivity contribution in [2.24, 2.45) is 0 Å². The van der Waals surface area contributed by atoms with Crippen LogP contribution in [0.1, 0.15) is 32.6 Å². The lowest BCUT2D eigenvalue weighted by Crippen LogP contribution is -2.15. The topological polar surface area (TPSA) is 29.3 Å². The molecular weight excluding hydrogens is 154 g/mol. The summed E-state index contributed by atoms with van der Waals surface area (Å²) in [5.74, 6) is 0. The number of ether oxygens (including phenoxy) is 1. The zero-order chi connectivity index (χ0) is 8.55. The smallest absolute Gasteiger partial charge is 0.410 e. The standard InChI is InChI=1S/C9H15NO2/c1-2-12-9(11)10-7-5-3-4-6-8(7)10/h7-8H,2-6H2,1H3/t7-,8-/m0/s1. The molecule has 3 heteroatoms. The molecule has 0 bridgehead atoms. The van der Waals surface area contributed by atoms with Gasteiger partial charge in [-0.1, -0.05) is 12.8 Å². The fraction of sp³-hybridized carbons (Fsp3) is 0.889. The van der Waals surface area contributed by atoms with E-state index < -0.39 is 0 Å². The van der Waals surface area contributed by atoms with Gasteiger partial charge in [-0.2, -0.15) is 0 Å². The summed E-state index contributed by atoms with van der Waals surface area (Å²) < 4.78 is 4.94. The monoisotopic (exact) mass is 169 g/mol. The molecule has 0 unspecified atom stereocenters. The van der Waals surface area contributed by atoms with Crippen LogP contribution in [0.3, 0.4) is 0 Å². The summed E-state index contributed by atoms with van der Waals surface area (Å²) >= 11 is 0. The van der Waals surface area contributed by atoms with Gasteiger partial charge in [0.05, 0.1) is 18.7 Å². The van der Waals surface area contributed by atoms with E-state index in [4.69, 9.17) is 4.74 Å². The Labute approximate surface area is 72.7 Å². The second-order valence-corrected chi connectivity index (χ2v) is 3.53. The lowest BCUT2D eigenvalue weighted by atomic mass is 10.0. The highest BCUT2D eigenvalue weighted by Crippen LogP contribution is 2.40. The van der Waals surface area contributed by atoms with E-state index in [-0.39, 0.29) is 6.09 Å². The number of hydrogen-bond donors (Lipinski definition) is 0. The molecule has 0 spiro atoms. The number of hydrogen-bond acceptors (Lipinski definition) is 2. The van der Waals surface area contributed by atoms with Gasteiger partial charge in [0.1, 0.15) is 0 Å². The molecule has 1 saturated heterocycles. The minimum Gasteiger partial charge on any atom is -0.450 e. The van der Waals surface area contributed by atoms with E-state index >= 15 is 0 Å². The fourth-order valence-corrected chi connectivity index (χ4v) is 2.17. The highest BCUT2D eigenvalue weighted by Gasteiger charge is 2.52. The summed E-state index contributed by atoms with van der Waals surface area (Å²) in [5.41, 5.74) is 0. The number of fused-ring (bicyclic) bond motifs is 1. The van der Waals surface area contributed by atoms with E-state index in [1.807, 2.05) is 11.8 Å². The number of carbonyl (C=O) groups is 1. The van der Waals surface area contributed by atoms with Crippen LogP contribution < -0.4 is 0 Å². The molecule has 2 fully saturated rings. The maximum atomic E-state index is 11.3. The first-order chi connectivity index (χ1) is 5.84. The van der Waals surface area contributed by atoms with Crippen molar-refractivity contribution in [3.05, 3.63) is 0 Å². The van der Waals surface area contributed by atoms with Crippen LogP contribution in [0.15, 0.2) is 0 Å². The van der Waals surface area contributed by atoms with Crippen molar-refractivity contribution in [2.45, 2.75) is 44.7 Å². The molecular formula is C9H15NO2. The van der Waals surface area contributed by atoms with Gasteiger partial charge in [0.25, 0.3) is 0 Å². The molecule has 0 N–H and O–H groups in total. The predicted molar refractivity (Wildman–Crippen MR) is 44.9 cm³/mol. The van der Waals surface area contributed by atoms with Crippen molar-refractivity contribution >= 4 is 6.09 Å². The van der Waals surface area contributed by atoms with Crippen LogP contribution in [-0.2, 0) is 4.74 Å². The Morgan fingerprint density at radius 1 is 1.42 bits per heavy atom. The van der Waals surface area contributed by atoms with E-state index in [0.29, 0.717) is 18.7 Å². The van der Waals surface area contributed by atoms with Gasteiger partial charge in [0, 0.05) is 0 Å². The summed E-state index contributed by atoms with van der Waals surface area (Å²) in [6.07, 6.45) is 4.82. The second-order valence-electron chi connectivity index (χ2n) is 3.53. The summed E-state index contributed by atoms with van der Waals surface area (Å²) in [6.45, 7) is 2.35. The maximum Gasteiger partial charge on any atom is 0.410 e. The SMILES string of the molecule is CCOC(=O)N1[C@H]2CCCC[C@@H]21. The Bertz CT molecular complexity index is 181. The van der Waals surface area contributed by atoms with Crippen molar-refractivity contribution in [1.29, 1.82) is 0 Å². The van der Waals surface area contributed by atoms with Crippen LogP contribution in [0, 0.1) is 0 Å². The maximum absolute atomic E-state index is 11.3. The Morgan fingerprint density at radius 3 is 2.50 bits per heavy atom. The number of amides is 1. The summed E-state index contributed by atoms with van der Waals surface area (Å²) in [5, 5.41) is 0. The third kappa shape index (κ3) is 1.17. The van der Waals surface area contributed by atoms with Crippen molar-refractivity contribution in [2.75, 3.05) is 6.61 Å². The summed E-state index contributed by atoms with van der Waals surface area (Å²) in [4.78, 5) is 13.2. The molecule has 1 amide bonds. The molecule has 2 atom stereocenters. The van der Waals surface area contributed by atoms with Crippen molar-refractivity contribution < 1.29 is 9.53 Å². The predicted octanol–water partition coefficient (Wildman–Crippen LogP) is 1.77. The first kappa shape index (κ1) is 7.90. The van der Waals surface area contributed by atoms with Crippen LogP contribution in [0.2, 0.25) is 0 Å². The molecule has 1 aliphatic carbocycles. The zero-order valence-corrected chi connectivity index (χ0v) is 7.45. The van der Waals surface area contributed by atoms with Crippen LogP contribution in [0.25, 0.3) is 0 Å². The average molecular weight is 169 g/mol. The third-order valence-electron chi connectivity index (χ3n) is 2.80. The van der Waals surface area contributed by atoms with Crippen molar-refractivity contribution in [1.82, 2.24) is 4.90 Å². The van der Waals surface area contributed by atoms with Gasteiger partial charge in [-0.15, -0.1) is 0 Å². The van der Waals surface area contributed by atoms with Gasteiger partial charge >= 0.3 is 6.09 Å². The molecule has 12 heavy (non-hydrogen) atoms. The van der Waals surface area contributed by atoms with Gasteiger partial charge in [-0.05, 0) is 19.8 Å². The Balaban J connectivity index is 1.87. The normalized spacial score (nSPS) is 32.6. The molecule has 0 aromatic rings. The highest BCUT2D eigenvalue weighted by atomic mass is 16.6. The van der Waals surface area contributed by atoms with E-state index in [1.165, 1.54) is 25.7 Å². The Kier molecular flexibility index (Phi) is 1.95. The molecule has 2 rings (SSSR count). The lowest BCUT2D eigenvalue weighted by molar-refractivity contribution is 0.132. The largest absolute Gasteiger partial charge is 0.450 e. The first-order valence-corrected chi connectivity index (χ1v) is 4.79. The lowest BCUT2D eigenvalue weighted by Gasteiger charge is -2.02.